The minimum atomic E-state index is -3.80. The number of pyridine rings is 1. The molecule has 2 saturated heterocycles. The highest BCUT2D eigenvalue weighted by molar-refractivity contribution is 7.90. The number of benzene rings is 1. The van der Waals surface area contributed by atoms with Crippen LogP contribution in [-0.2, 0) is 14.8 Å². The van der Waals surface area contributed by atoms with Crippen LogP contribution in [0.4, 0.5) is 11.4 Å². The number of rotatable bonds is 4. The van der Waals surface area contributed by atoms with Gasteiger partial charge in [-0.1, -0.05) is 6.07 Å². The summed E-state index contributed by atoms with van der Waals surface area (Å²) in [5.74, 6) is 0. The Hall–Kier alpha value is -3.15. The van der Waals surface area contributed by atoms with Crippen molar-refractivity contribution in [2.45, 2.75) is 17.4 Å². The molecule has 0 aliphatic carbocycles. The van der Waals surface area contributed by atoms with Crippen LogP contribution in [0.3, 0.4) is 0 Å². The fourth-order valence-electron chi connectivity index (χ4n) is 4.28. The number of β-amino-alcohol motifs (C(OH)–C–C–N with tert-alkyl or cyclic N) is 1. The number of aromatic nitrogens is 2. The molecule has 0 amide bonds. The zero-order valence-electron chi connectivity index (χ0n) is 18.0. The van der Waals surface area contributed by atoms with Crippen molar-refractivity contribution in [3.63, 3.8) is 0 Å². The van der Waals surface area contributed by atoms with Gasteiger partial charge >= 0.3 is 0 Å². The van der Waals surface area contributed by atoms with E-state index in [1.54, 1.807) is 42.7 Å². The number of fused-ring (bicyclic) bond motifs is 1. The van der Waals surface area contributed by atoms with E-state index >= 15 is 0 Å². The molecule has 176 valence electrons. The average Bonchev–Trinajstić information content (AvgIpc) is 3.45. The molecule has 1 aromatic carbocycles. The molecular weight excluding hydrogens is 446 g/mol. The predicted octanol–water partition coefficient (Wildman–Crippen LogP) is 0.955. The average molecular weight is 474 g/mol. The molecule has 0 spiro atoms. The van der Waals surface area contributed by atoms with Crippen molar-refractivity contribution < 1.29 is 23.4 Å². The van der Waals surface area contributed by atoms with Gasteiger partial charge in [-0.25, -0.2) is 12.4 Å². The van der Waals surface area contributed by atoms with Crippen LogP contribution in [0.15, 0.2) is 53.7 Å². The number of carbonyl (C=O) groups is 1. The molecule has 3 aromatic rings. The lowest BCUT2D eigenvalue weighted by atomic mass is 10.3. The number of nitrogens with zero attached hydrogens (tertiary/aromatic N) is 4. The van der Waals surface area contributed by atoms with Gasteiger partial charge in [0.1, 0.15) is 5.52 Å². The maximum absolute atomic E-state index is 13.6. The third-order valence-electron chi connectivity index (χ3n) is 5.87. The summed E-state index contributed by atoms with van der Waals surface area (Å²) in [6.07, 6.45) is 3.72. The van der Waals surface area contributed by atoms with Gasteiger partial charge in [0.25, 0.3) is 16.5 Å². The van der Waals surface area contributed by atoms with Gasteiger partial charge in [0.15, 0.2) is 0 Å². The normalized spacial score (nSPS) is 18.8. The number of aliphatic hydroxyl groups is 1. The van der Waals surface area contributed by atoms with Gasteiger partial charge in [-0.15, -0.1) is 0 Å². The Kier molecular flexibility index (Phi) is 6.82. The maximum atomic E-state index is 13.6. The molecule has 0 unspecified atom stereocenters. The summed E-state index contributed by atoms with van der Waals surface area (Å²) in [7, 11) is -3.80. The van der Waals surface area contributed by atoms with Crippen LogP contribution in [0.1, 0.15) is 6.42 Å². The summed E-state index contributed by atoms with van der Waals surface area (Å²) in [4.78, 5) is 17.3. The van der Waals surface area contributed by atoms with Crippen molar-refractivity contribution in [1.82, 2.24) is 14.3 Å². The molecule has 1 atom stereocenters. The summed E-state index contributed by atoms with van der Waals surface area (Å²) < 4.78 is 28.6. The lowest BCUT2D eigenvalue weighted by molar-refractivity contribution is -0.122. The second-order valence-electron chi connectivity index (χ2n) is 7.91. The number of hydrogen-bond acceptors (Lipinski definition) is 8. The minimum absolute atomic E-state index is 0.231. The van der Waals surface area contributed by atoms with Crippen molar-refractivity contribution in [1.29, 1.82) is 0 Å². The molecule has 0 bridgehead atoms. The van der Waals surface area contributed by atoms with E-state index in [0.717, 1.165) is 37.6 Å². The van der Waals surface area contributed by atoms with Crippen LogP contribution in [0.25, 0.3) is 11.0 Å². The fraction of sp³-hybridized carbons (Fsp3) is 0.364. The third-order valence-corrected chi connectivity index (χ3v) is 7.54. The van der Waals surface area contributed by atoms with Crippen LogP contribution in [-0.4, -0.2) is 79.4 Å². The Balaban J connectivity index is 0.000000821. The van der Waals surface area contributed by atoms with Crippen molar-refractivity contribution in [2.24, 2.45) is 0 Å². The second-order valence-corrected chi connectivity index (χ2v) is 9.73. The first-order chi connectivity index (χ1) is 16.0. The molecular formula is C22H27N5O5S. The Labute approximate surface area is 192 Å². The molecule has 0 radical (unpaired) electrons. The quantitative estimate of drug-likeness (QED) is 0.475. The van der Waals surface area contributed by atoms with E-state index in [2.05, 4.69) is 15.2 Å². The first-order valence-corrected chi connectivity index (χ1v) is 12.2. The van der Waals surface area contributed by atoms with E-state index in [9.17, 15) is 13.5 Å². The van der Waals surface area contributed by atoms with Crippen molar-refractivity contribution in [2.75, 3.05) is 49.1 Å². The fourth-order valence-corrected chi connectivity index (χ4v) is 5.67. The zero-order valence-corrected chi connectivity index (χ0v) is 18.9. The molecule has 2 aromatic heterocycles. The highest BCUT2D eigenvalue weighted by Gasteiger charge is 2.26. The SMILES string of the molecule is O=CO.O=S(=O)(c1cccc(N2CC[C@H](O)C2)c1)n1cc(N2CCNCC2)c2ncccc21. The van der Waals surface area contributed by atoms with Crippen LogP contribution < -0.4 is 15.1 Å². The van der Waals surface area contributed by atoms with Crippen LogP contribution in [0, 0.1) is 0 Å². The summed E-state index contributed by atoms with van der Waals surface area (Å²) in [5.41, 5.74) is 2.92. The van der Waals surface area contributed by atoms with E-state index < -0.39 is 10.0 Å². The number of hydrogen-bond donors (Lipinski definition) is 3. The molecule has 10 nitrogen and oxygen atoms in total. The molecule has 33 heavy (non-hydrogen) atoms. The summed E-state index contributed by atoms with van der Waals surface area (Å²) >= 11 is 0. The van der Waals surface area contributed by atoms with Gasteiger partial charge in [-0.3, -0.25) is 9.78 Å². The highest BCUT2D eigenvalue weighted by Crippen LogP contribution is 2.32. The number of piperazine rings is 1. The Bertz CT molecular complexity index is 1220. The minimum Gasteiger partial charge on any atom is -0.483 e. The standard InChI is InChI=1S/C21H25N5O3S.CH2O2/c27-17-6-10-25(14-17)16-3-1-4-18(13-16)30(28,29)26-15-20(24-11-8-22-9-12-24)21-19(26)5-2-7-23-21;2-1-3/h1-5,7,13,15,17,22,27H,6,8-12,14H2;1H,(H,2,3)/t17-;/m0./s1. The van der Waals surface area contributed by atoms with E-state index in [4.69, 9.17) is 9.90 Å². The second kappa shape index (κ2) is 9.77. The summed E-state index contributed by atoms with van der Waals surface area (Å²) in [6.45, 7) is 4.32. The molecule has 3 N–H and O–H groups in total. The van der Waals surface area contributed by atoms with Gasteiger partial charge in [0.2, 0.25) is 0 Å². The molecule has 11 heteroatoms. The lowest BCUT2D eigenvalue weighted by Gasteiger charge is -2.28. The van der Waals surface area contributed by atoms with E-state index in [1.807, 2.05) is 11.0 Å². The molecule has 2 aliphatic heterocycles. The molecule has 2 fully saturated rings. The van der Waals surface area contributed by atoms with Crippen molar-refractivity contribution in [3.8, 4) is 0 Å². The Morgan fingerprint density at radius 2 is 1.85 bits per heavy atom. The number of carboxylic acid groups (broad SMARTS) is 1. The molecule has 4 heterocycles. The number of nitrogens with one attached hydrogen (secondary N) is 1. The monoisotopic (exact) mass is 473 g/mol. The highest BCUT2D eigenvalue weighted by atomic mass is 32.2. The van der Waals surface area contributed by atoms with Gasteiger partial charge in [0.05, 0.1) is 22.2 Å². The van der Waals surface area contributed by atoms with Gasteiger partial charge < -0.3 is 25.3 Å². The first kappa shape index (κ1) is 23.0. The maximum Gasteiger partial charge on any atom is 0.290 e. The lowest BCUT2D eigenvalue weighted by Crippen LogP contribution is -2.43. The summed E-state index contributed by atoms with van der Waals surface area (Å²) in [6, 6.07) is 10.5. The third kappa shape index (κ3) is 4.65. The Morgan fingerprint density at radius 3 is 2.55 bits per heavy atom. The van der Waals surface area contributed by atoms with Crippen molar-refractivity contribution in [3.05, 3.63) is 48.8 Å². The Morgan fingerprint density at radius 1 is 1.09 bits per heavy atom. The van der Waals surface area contributed by atoms with Crippen molar-refractivity contribution >= 4 is 38.9 Å². The smallest absolute Gasteiger partial charge is 0.290 e. The largest absolute Gasteiger partial charge is 0.483 e. The van der Waals surface area contributed by atoms with Gasteiger partial charge in [-0.05, 0) is 36.8 Å². The number of aliphatic hydroxyl groups excluding tert-OH is 1. The van der Waals surface area contributed by atoms with Gasteiger partial charge in [-0.2, -0.15) is 0 Å². The van der Waals surface area contributed by atoms with E-state index in [-0.39, 0.29) is 17.5 Å². The van der Waals surface area contributed by atoms with E-state index in [0.29, 0.717) is 30.5 Å². The zero-order chi connectivity index (χ0) is 23.4. The summed E-state index contributed by atoms with van der Waals surface area (Å²) in [5, 5.41) is 20.0. The topological polar surface area (TPSA) is 128 Å². The molecule has 5 rings (SSSR count). The van der Waals surface area contributed by atoms with Crippen LogP contribution >= 0.6 is 0 Å². The van der Waals surface area contributed by atoms with Crippen LogP contribution in [0.2, 0.25) is 0 Å². The van der Waals surface area contributed by atoms with Crippen LogP contribution in [0.5, 0.6) is 0 Å². The van der Waals surface area contributed by atoms with Gasteiger partial charge in [0, 0.05) is 57.3 Å². The molecule has 0 saturated carbocycles. The predicted molar refractivity (Wildman–Crippen MR) is 125 cm³/mol. The van der Waals surface area contributed by atoms with E-state index in [1.165, 1.54) is 3.97 Å². The first-order valence-electron chi connectivity index (χ1n) is 10.7. The molecule has 2 aliphatic rings. The number of anilines is 2.